The van der Waals surface area contributed by atoms with Crippen molar-refractivity contribution in [3.8, 4) is 5.75 Å². The summed E-state index contributed by atoms with van der Waals surface area (Å²) in [6.07, 6.45) is -0.519. The van der Waals surface area contributed by atoms with E-state index in [0.29, 0.717) is 23.3 Å². The third kappa shape index (κ3) is 8.62. The molecule has 13 heteroatoms. The number of amides is 3. The van der Waals surface area contributed by atoms with E-state index < -0.39 is 58.9 Å². The molecule has 2 fully saturated rings. The summed E-state index contributed by atoms with van der Waals surface area (Å²) in [5.41, 5.74) is 1.04. The van der Waals surface area contributed by atoms with Gasteiger partial charge in [-0.15, -0.1) is 11.8 Å². The molecule has 3 aliphatic heterocycles. The Labute approximate surface area is 318 Å². The molecule has 0 bridgehead atoms. The fraction of sp³-hybridized carbons (Fsp3) is 0.341. The summed E-state index contributed by atoms with van der Waals surface area (Å²) in [6.45, 7) is 10.6. The van der Waals surface area contributed by atoms with E-state index in [2.05, 4.69) is 5.32 Å². The quantitative estimate of drug-likeness (QED) is 0.0836. The summed E-state index contributed by atoms with van der Waals surface area (Å²) >= 11 is 1.25. The van der Waals surface area contributed by atoms with Crippen LogP contribution < -0.4 is 15.0 Å². The molecule has 0 radical (unpaired) electrons. The summed E-state index contributed by atoms with van der Waals surface area (Å²) in [4.78, 5) is 70.3. The number of ether oxygens (including phenoxy) is 4. The van der Waals surface area contributed by atoms with Gasteiger partial charge in [-0.05, 0) is 88.3 Å². The van der Waals surface area contributed by atoms with Crippen LogP contribution >= 0.6 is 11.8 Å². The Balaban J connectivity index is 1.30. The van der Waals surface area contributed by atoms with Crippen molar-refractivity contribution in [2.45, 2.75) is 82.7 Å². The monoisotopic (exact) mass is 753 g/mol. The summed E-state index contributed by atoms with van der Waals surface area (Å²) in [6, 6.07) is 23.0. The highest BCUT2D eigenvalue weighted by atomic mass is 32.2. The molecular formula is C41H43N3O9S. The Bertz CT molecular complexity index is 1950. The van der Waals surface area contributed by atoms with Crippen LogP contribution in [0.2, 0.25) is 0 Å². The van der Waals surface area contributed by atoms with E-state index in [-0.39, 0.29) is 18.2 Å². The molecule has 0 saturated carbocycles. The summed E-state index contributed by atoms with van der Waals surface area (Å²) in [5.74, 6) is -1.40. The van der Waals surface area contributed by atoms with Crippen molar-refractivity contribution in [3.05, 3.63) is 119 Å². The zero-order valence-corrected chi connectivity index (χ0v) is 31.8. The van der Waals surface area contributed by atoms with Gasteiger partial charge in [0.05, 0.1) is 5.69 Å². The van der Waals surface area contributed by atoms with Crippen LogP contribution in [0.1, 0.15) is 65.2 Å². The second-order valence-electron chi connectivity index (χ2n) is 15.0. The standard InChI is InChI=1S/C41H43N3O9S/c1-40(2,3)52-38(48)42-31-35(46)44-32(37(47)51-33(25-15-9-7-10-16-25)26-17-11-8-12-18-26)28(24-54-36(31)44)23-27-21-22-43(34(27)45)29-19-13-14-20-30(29)50-39(49)53-41(4,5)6/h7-20,23-24,31-33,36H,21-22H2,1-6H3,(H,42,48)/t31-,32-,36-/m1/s1. The fourth-order valence-electron chi connectivity index (χ4n) is 6.28. The first-order valence-corrected chi connectivity index (χ1v) is 18.5. The van der Waals surface area contributed by atoms with Gasteiger partial charge in [-0.25, -0.2) is 14.4 Å². The zero-order valence-electron chi connectivity index (χ0n) is 30.9. The molecule has 0 aliphatic carbocycles. The maximum absolute atomic E-state index is 14.4. The molecule has 0 spiro atoms. The minimum Gasteiger partial charge on any atom is -0.451 e. The number of hydrogen-bond acceptors (Lipinski definition) is 10. The van der Waals surface area contributed by atoms with E-state index in [1.165, 1.54) is 21.6 Å². The molecule has 1 N–H and O–H groups in total. The lowest BCUT2D eigenvalue weighted by Crippen LogP contribution is -2.74. The van der Waals surface area contributed by atoms with Crippen LogP contribution in [0.5, 0.6) is 5.75 Å². The predicted molar refractivity (Wildman–Crippen MR) is 202 cm³/mol. The first kappa shape index (κ1) is 38.2. The van der Waals surface area contributed by atoms with E-state index in [0.717, 1.165) is 11.1 Å². The van der Waals surface area contributed by atoms with E-state index in [4.69, 9.17) is 18.9 Å². The Morgan fingerprint density at radius 2 is 1.43 bits per heavy atom. The van der Waals surface area contributed by atoms with Crippen molar-refractivity contribution in [1.29, 1.82) is 0 Å². The van der Waals surface area contributed by atoms with E-state index >= 15 is 0 Å². The second kappa shape index (κ2) is 15.4. The molecule has 3 heterocycles. The molecule has 3 aliphatic rings. The number of anilines is 1. The van der Waals surface area contributed by atoms with Gasteiger partial charge in [0.2, 0.25) is 5.91 Å². The molecule has 12 nitrogen and oxygen atoms in total. The van der Waals surface area contributed by atoms with Crippen molar-refractivity contribution in [2.75, 3.05) is 11.4 Å². The molecule has 3 amide bonds. The van der Waals surface area contributed by atoms with Gasteiger partial charge in [0.25, 0.3) is 5.91 Å². The Hall–Kier alpha value is -5.56. The molecular weight excluding hydrogens is 711 g/mol. The number of rotatable bonds is 8. The second-order valence-corrected chi connectivity index (χ2v) is 16.0. The largest absolute Gasteiger partial charge is 0.514 e. The average Bonchev–Trinajstić information content (AvgIpc) is 3.47. The molecule has 3 aromatic rings. The molecule has 0 aromatic heterocycles. The normalized spacial score (nSPS) is 20.5. The van der Waals surface area contributed by atoms with Crippen LogP contribution in [0.3, 0.4) is 0 Å². The molecule has 6 rings (SSSR count). The minimum absolute atomic E-state index is 0.153. The molecule has 54 heavy (non-hydrogen) atoms. The predicted octanol–water partition coefficient (Wildman–Crippen LogP) is 7.06. The van der Waals surface area contributed by atoms with Gasteiger partial charge in [-0.3, -0.25) is 9.59 Å². The number of fused-ring (bicyclic) bond motifs is 1. The number of hydrogen-bond donors (Lipinski definition) is 1. The van der Waals surface area contributed by atoms with Crippen molar-refractivity contribution >= 4 is 47.5 Å². The third-order valence-electron chi connectivity index (χ3n) is 8.56. The lowest BCUT2D eigenvalue weighted by atomic mass is 9.95. The summed E-state index contributed by atoms with van der Waals surface area (Å²) in [5, 5.41) is 3.74. The van der Waals surface area contributed by atoms with E-state index in [9.17, 15) is 24.0 Å². The number of thioether (sulfide) groups is 1. The molecule has 0 unspecified atom stereocenters. The van der Waals surface area contributed by atoms with Gasteiger partial charge in [-0.1, -0.05) is 72.8 Å². The van der Waals surface area contributed by atoms with Gasteiger partial charge in [0.15, 0.2) is 17.9 Å². The number of carbonyl (C=O) groups is 5. The highest BCUT2D eigenvalue weighted by Gasteiger charge is 2.56. The van der Waals surface area contributed by atoms with Gasteiger partial charge in [0.1, 0.15) is 22.6 Å². The van der Waals surface area contributed by atoms with Crippen LogP contribution in [0.25, 0.3) is 0 Å². The Morgan fingerprint density at radius 1 is 0.833 bits per heavy atom. The Kier molecular flexibility index (Phi) is 10.9. The Morgan fingerprint density at radius 3 is 2.04 bits per heavy atom. The maximum atomic E-state index is 14.4. The molecule has 3 aromatic carbocycles. The van der Waals surface area contributed by atoms with Crippen molar-refractivity contribution in [1.82, 2.24) is 10.2 Å². The number of nitrogens with one attached hydrogen (secondary N) is 1. The number of alkyl carbamates (subject to hydrolysis) is 1. The van der Waals surface area contributed by atoms with Crippen molar-refractivity contribution in [3.63, 3.8) is 0 Å². The topological polar surface area (TPSA) is 141 Å². The van der Waals surface area contributed by atoms with Gasteiger partial charge < -0.3 is 34.1 Å². The maximum Gasteiger partial charge on any atom is 0.514 e. The lowest BCUT2D eigenvalue weighted by molar-refractivity contribution is -0.164. The average molecular weight is 754 g/mol. The van der Waals surface area contributed by atoms with Crippen LogP contribution in [-0.2, 0) is 28.6 Å². The molecule has 3 atom stereocenters. The number of β-lactam (4-membered cyclic amide) rings is 1. The summed E-state index contributed by atoms with van der Waals surface area (Å²) in [7, 11) is 0. The smallest absolute Gasteiger partial charge is 0.451 e. The first-order valence-electron chi connectivity index (χ1n) is 17.6. The van der Waals surface area contributed by atoms with Crippen LogP contribution in [0.4, 0.5) is 15.3 Å². The molecule has 282 valence electrons. The number of esters is 1. The van der Waals surface area contributed by atoms with Gasteiger partial charge >= 0.3 is 18.2 Å². The first-order chi connectivity index (χ1) is 25.6. The van der Waals surface area contributed by atoms with Crippen LogP contribution in [-0.4, -0.2) is 70.1 Å². The summed E-state index contributed by atoms with van der Waals surface area (Å²) < 4.78 is 22.5. The van der Waals surface area contributed by atoms with Crippen molar-refractivity contribution < 1.29 is 42.9 Å². The highest BCUT2D eigenvalue weighted by Crippen LogP contribution is 2.43. The SMILES string of the molecule is CC(C)(C)OC(=O)N[C@@H]1C(=O)N2[C@@H](C(=O)OC(c3ccccc3)c3ccccc3)C(C=C3CCN(c4ccccc4OC(=O)OC(C)(C)C)C3=O)=CS[C@H]12. The van der Waals surface area contributed by atoms with E-state index in [1.54, 1.807) is 77.3 Å². The van der Waals surface area contributed by atoms with Crippen LogP contribution in [0.15, 0.2) is 108 Å². The molecule has 2 saturated heterocycles. The highest BCUT2D eigenvalue weighted by molar-refractivity contribution is 8.03. The van der Waals surface area contributed by atoms with Crippen molar-refractivity contribution in [2.24, 2.45) is 0 Å². The number of benzene rings is 3. The fourth-order valence-corrected chi connectivity index (χ4v) is 7.47. The zero-order chi connectivity index (χ0) is 38.8. The number of carbonyl (C=O) groups excluding carboxylic acids is 5. The van der Waals surface area contributed by atoms with Gasteiger partial charge in [-0.2, -0.15) is 0 Å². The van der Waals surface area contributed by atoms with Crippen LogP contribution in [0, 0.1) is 0 Å². The third-order valence-corrected chi connectivity index (χ3v) is 9.74. The lowest BCUT2D eigenvalue weighted by Gasteiger charge is -2.51. The minimum atomic E-state index is -1.23. The van der Waals surface area contributed by atoms with Gasteiger partial charge in [0, 0.05) is 12.1 Å². The number of para-hydroxylation sites is 2. The number of nitrogens with zero attached hydrogens (tertiary/aromatic N) is 2. The van der Waals surface area contributed by atoms with E-state index in [1.807, 2.05) is 60.7 Å².